The van der Waals surface area contributed by atoms with E-state index in [4.69, 9.17) is 23.2 Å². The normalized spacial score (nSPS) is 12.7. The SMILES string of the molecule is CCNC(=O)CN=C(NCC)NC(C)c1ccc(Cl)cc1Cl. The first-order valence-corrected chi connectivity index (χ1v) is 8.00. The average molecular weight is 345 g/mol. The van der Waals surface area contributed by atoms with Gasteiger partial charge in [-0.05, 0) is 38.5 Å². The van der Waals surface area contributed by atoms with Crippen LogP contribution in [0, 0.1) is 0 Å². The van der Waals surface area contributed by atoms with Crippen molar-refractivity contribution in [2.24, 2.45) is 4.99 Å². The number of rotatable bonds is 6. The van der Waals surface area contributed by atoms with Crippen LogP contribution in [0.5, 0.6) is 0 Å². The van der Waals surface area contributed by atoms with Crippen LogP contribution in [-0.2, 0) is 4.79 Å². The number of hydrogen-bond donors (Lipinski definition) is 3. The van der Waals surface area contributed by atoms with Crippen LogP contribution in [0.15, 0.2) is 23.2 Å². The lowest BCUT2D eigenvalue weighted by atomic mass is 10.1. The van der Waals surface area contributed by atoms with Gasteiger partial charge in [-0.3, -0.25) is 4.79 Å². The molecule has 0 aromatic heterocycles. The summed E-state index contributed by atoms with van der Waals surface area (Å²) in [6, 6.07) is 5.29. The highest BCUT2D eigenvalue weighted by Crippen LogP contribution is 2.25. The Morgan fingerprint density at radius 3 is 2.50 bits per heavy atom. The van der Waals surface area contributed by atoms with Crippen LogP contribution >= 0.6 is 23.2 Å². The zero-order valence-electron chi connectivity index (χ0n) is 13.0. The van der Waals surface area contributed by atoms with Gasteiger partial charge in [-0.2, -0.15) is 0 Å². The fourth-order valence-electron chi connectivity index (χ4n) is 1.86. The van der Waals surface area contributed by atoms with Gasteiger partial charge < -0.3 is 16.0 Å². The van der Waals surface area contributed by atoms with Gasteiger partial charge >= 0.3 is 0 Å². The van der Waals surface area contributed by atoms with Crippen molar-refractivity contribution in [2.45, 2.75) is 26.8 Å². The Labute approximate surface area is 141 Å². The smallest absolute Gasteiger partial charge is 0.241 e. The number of nitrogens with one attached hydrogen (secondary N) is 3. The topological polar surface area (TPSA) is 65.5 Å². The number of benzene rings is 1. The van der Waals surface area contributed by atoms with Crippen LogP contribution in [0.4, 0.5) is 0 Å². The van der Waals surface area contributed by atoms with E-state index in [1.165, 1.54) is 0 Å². The van der Waals surface area contributed by atoms with Crippen LogP contribution in [0.25, 0.3) is 0 Å². The predicted molar refractivity (Wildman–Crippen MR) is 92.7 cm³/mol. The average Bonchev–Trinajstić information content (AvgIpc) is 2.45. The first kappa shape index (κ1) is 18.6. The van der Waals surface area contributed by atoms with E-state index in [9.17, 15) is 4.79 Å². The highest BCUT2D eigenvalue weighted by atomic mass is 35.5. The first-order valence-electron chi connectivity index (χ1n) is 7.24. The lowest BCUT2D eigenvalue weighted by Gasteiger charge is -2.19. The summed E-state index contributed by atoms with van der Waals surface area (Å²) in [6.45, 7) is 7.16. The minimum atomic E-state index is -0.114. The molecule has 0 saturated carbocycles. The van der Waals surface area contributed by atoms with Gasteiger partial charge in [0.05, 0.1) is 6.04 Å². The molecule has 122 valence electrons. The van der Waals surface area contributed by atoms with Crippen LogP contribution in [-0.4, -0.2) is 31.5 Å². The molecule has 1 unspecified atom stereocenters. The number of amides is 1. The van der Waals surface area contributed by atoms with E-state index in [1.807, 2.05) is 26.8 Å². The molecular weight excluding hydrogens is 323 g/mol. The summed E-state index contributed by atoms with van der Waals surface area (Å²) in [4.78, 5) is 15.7. The lowest BCUT2D eigenvalue weighted by molar-refractivity contribution is -0.119. The molecule has 0 fully saturated rings. The number of aliphatic imine (C=N–C) groups is 1. The second-order valence-corrected chi connectivity index (χ2v) is 5.52. The van der Waals surface area contributed by atoms with E-state index < -0.39 is 0 Å². The van der Waals surface area contributed by atoms with Gasteiger partial charge in [0, 0.05) is 23.1 Å². The Kier molecular flexibility index (Phi) is 8.06. The van der Waals surface area contributed by atoms with Crippen molar-refractivity contribution in [3.05, 3.63) is 33.8 Å². The van der Waals surface area contributed by atoms with Gasteiger partial charge in [0.25, 0.3) is 0 Å². The molecule has 1 rings (SSSR count). The number of halogens is 2. The highest BCUT2D eigenvalue weighted by Gasteiger charge is 2.12. The van der Waals surface area contributed by atoms with Crippen molar-refractivity contribution < 1.29 is 4.79 Å². The summed E-state index contributed by atoms with van der Waals surface area (Å²) in [5.74, 6) is 0.448. The molecule has 0 aliphatic heterocycles. The molecule has 0 aliphatic carbocycles. The maximum atomic E-state index is 11.5. The number of hydrogen-bond acceptors (Lipinski definition) is 2. The maximum Gasteiger partial charge on any atom is 0.241 e. The number of carbonyl (C=O) groups excluding carboxylic acids is 1. The van der Waals surface area contributed by atoms with Gasteiger partial charge in [-0.1, -0.05) is 29.3 Å². The standard InChI is InChI=1S/C15H22Cl2N4O/c1-4-18-14(22)9-20-15(19-5-2)21-10(3)12-7-6-11(16)8-13(12)17/h6-8,10H,4-5,9H2,1-3H3,(H,18,22)(H2,19,20,21). The molecule has 3 N–H and O–H groups in total. The molecule has 0 radical (unpaired) electrons. The molecule has 22 heavy (non-hydrogen) atoms. The van der Waals surface area contributed by atoms with E-state index >= 15 is 0 Å². The van der Waals surface area contributed by atoms with E-state index in [-0.39, 0.29) is 18.5 Å². The monoisotopic (exact) mass is 344 g/mol. The Morgan fingerprint density at radius 2 is 1.91 bits per heavy atom. The molecule has 0 bridgehead atoms. The molecule has 1 atom stereocenters. The van der Waals surface area contributed by atoms with Crippen molar-refractivity contribution in [1.82, 2.24) is 16.0 Å². The lowest BCUT2D eigenvalue weighted by Crippen LogP contribution is -2.39. The van der Waals surface area contributed by atoms with Crippen LogP contribution in [0.3, 0.4) is 0 Å². The largest absolute Gasteiger partial charge is 0.357 e. The van der Waals surface area contributed by atoms with Gasteiger partial charge in [-0.25, -0.2) is 4.99 Å². The van der Waals surface area contributed by atoms with E-state index in [2.05, 4.69) is 20.9 Å². The third kappa shape index (κ3) is 6.12. The van der Waals surface area contributed by atoms with Gasteiger partial charge in [0.2, 0.25) is 5.91 Å². The molecule has 0 heterocycles. The molecule has 0 spiro atoms. The molecule has 7 heteroatoms. The molecule has 1 aromatic rings. The molecule has 5 nitrogen and oxygen atoms in total. The Morgan fingerprint density at radius 1 is 1.23 bits per heavy atom. The minimum absolute atomic E-state index is 0.0724. The zero-order valence-corrected chi connectivity index (χ0v) is 14.6. The Balaban J connectivity index is 2.76. The van der Waals surface area contributed by atoms with Crippen LogP contribution in [0.2, 0.25) is 10.0 Å². The van der Waals surface area contributed by atoms with Crippen molar-refractivity contribution in [1.29, 1.82) is 0 Å². The van der Waals surface area contributed by atoms with Crippen LogP contribution < -0.4 is 16.0 Å². The third-order valence-electron chi connectivity index (χ3n) is 2.88. The second kappa shape index (κ2) is 9.54. The first-order chi connectivity index (χ1) is 10.5. The summed E-state index contributed by atoms with van der Waals surface area (Å²) in [7, 11) is 0. The molecule has 1 aromatic carbocycles. The fourth-order valence-corrected chi connectivity index (χ4v) is 2.43. The van der Waals surface area contributed by atoms with Crippen molar-refractivity contribution in [3.63, 3.8) is 0 Å². The van der Waals surface area contributed by atoms with Gasteiger partial charge in [0.15, 0.2) is 5.96 Å². The predicted octanol–water partition coefficient (Wildman–Crippen LogP) is 2.75. The summed E-state index contributed by atoms with van der Waals surface area (Å²) in [5, 5.41) is 10.2. The third-order valence-corrected chi connectivity index (χ3v) is 3.44. The van der Waals surface area contributed by atoms with E-state index in [0.29, 0.717) is 29.1 Å². The summed E-state index contributed by atoms with van der Waals surface area (Å²) in [6.07, 6.45) is 0. The molecule has 1 amide bonds. The van der Waals surface area contributed by atoms with E-state index in [0.717, 1.165) is 5.56 Å². The Hall–Kier alpha value is -1.46. The van der Waals surface area contributed by atoms with Gasteiger partial charge in [-0.15, -0.1) is 0 Å². The Bertz CT molecular complexity index is 534. The number of guanidine groups is 1. The maximum absolute atomic E-state index is 11.5. The molecule has 0 saturated heterocycles. The summed E-state index contributed by atoms with van der Waals surface area (Å²) >= 11 is 12.1. The number of likely N-dealkylation sites (N-methyl/N-ethyl adjacent to an activating group) is 1. The molecular formula is C15H22Cl2N4O. The fraction of sp³-hybridized carbons (Fsp3) is 0.467. The summed E-state index contributed by atoms with van der Waals surface area (Å²) < 4.78 is 0. The van der Waals surface area contributed by atoms with Crippen molar-refractivity contribution in [3.8, 4) is 0 Å². The van der Waals surface area contributed by atoms with Gasteiger partial charge in [0.1, 0.15) is 6.54 Å². The minimum Gasteiger partial charge on any atom is -0.357 e. The van der Waals surface area contributed by atoms with Crippen molar-refractivity contribution in [2.75, 3.05) is 19.6 Å². The van der Waals surface area contributed by atoms with Crippen LogP contribution in [0.1, 0.15) is 32.4 Å². The zero-order chi connectivity index (χ0) is 16.5. The summed E-state index contributed by atoms with van der Waals surface area (Å²) in [5.41, 5.74) is 0.912. The molecule has 0 aliphatic rings. The van der Waals surface area contributed by atoms with Crippen molar-refractivity contribution >= 4 is 35.1 Å². The number of nitrogens with zero attached hydrogens (tertiary/aromatic N) is 1. The highest BCUT2D eigenvalue weighted by molar-refractivity contribution is 6.35. The number of carbonyl (C=O) groups is 1. The second-order valence-electron chi connectivity index (χ2n) is 4.68. The quantitative estimate of drug-likeness (QED) is 0.549. The van der Waals surface area contributed by atoms with E-state index in [1.54, 1.807) is 12.1 Å².